The summed E-state index contributed by atoms with van der Waals surface area (Å²) < 4.78 is 16.8. The molecular formula is C52H100O6. The number of carbonyl (C=O) groups is 3. The van der Waals surface area contributed by atoms with Crippen molar-refractivity contribution in [3.8, 4) is 0 Å². The molecule has 0 fully saturated rings. The molecule has 0 amide bonds. The summed E-state index contributed by atoms with van der Waals surface area (Å²) in [5.41, 5.74) is 0. The predicted molar refractivity (Wildman–Crippen MR) is 247 cm³/mol. The molecule has 0 spiro atoms. The predicted octanol–water partition coefficient (Wildman–Crippen LogP) is 16.5. The average Bonchev–Trinajstić information content (AvgIpc) is 3.19. The molecule has 0 aromatic carbocycles. The molecule has 0 saturated heterocycles. The molecule has 0 aliphatic rings. The molecule has 0 aliphatic carbocycles. The standard InChI is InChI=1S/C52H100O6/c1-6-7-8-9-10-11-12-13-14-17-22-27-32-37-42-50(53)56-45-49(58-52(55)44-39-34-29-24-19-21-26-31-36-41-48(4)5)46-57-51(54)43-38-33-28-23-18-15-16-20-25-30-35-40-47(2)3/h47-49H,6-46H2,1-5H3/t49-/m1/s1. The van der Waals surface area contributed by atoms with Gasteiger partial charge in [0.2, 0.25) is 0 Å². The molecule has 0 unspecified atom stereocenters. The maximum Gasteiger partial charge on any atom is 0.306 e. The quantitative estimate of drug-likeness (QED) is 0.0346. The van der Waals surface area contributed by atoms with Crippen molar-refractivity contribution in [2.24, 2.45) is 11.8 Å². The van der Waals surface area contributed by atoms with Crippen molar-refractivity contribution in [1.29, 1.82) is 0 Å². The molecule has 6 nitrogen and oxygen atoms in total. The molecular weight excluding hydrogens is 721 g/mol. The van der Waals surface area contributed by atoms with Crippen LogP contribution < -0.4 is 0 Å². The van der Waals surface area contributed by atoms with Crippen LogP contribution in [-0.4, -0.2) is 37.2 Å². The van der Waals surface area contributed by atoms with Gasteiger partial charge in [-0.3, -0.25) is 14.4 Å². The van der Waals surface area contributed by atoms with Gasteiger partial charge in [0, 0.05) is 19.3 Å². The smallest absolute Gasteiger partial charge is 0.306 e. The zero-order chi connectivity index (χ0) is 42.6. The fourth-order valence-corrected chi connectivity index (χ4v) is 7.81. The van der Waals surface area contributed by atoms with E-state index in [-0.39, 0.29) is 31.1 Å². The van der Waals surface area contributed by atoms with Crippen LogP contribution >= 0.6 is 0 Å². The van der Waals surface area contributed by atoms with Crippen LogP contribution in [0, 0.1) is 11.8 Å². The van der Waals surface area contributed by atoms with Gasteiger partial charge in [0.25, 0.3) is 0 Å². The normalized spacial score (nSPS) is 12.1. The zero-order valence-electron chi connectivity index (χ0n) is 39.7. The van der Waals surface area contributed by atoms with Crippen LogP contribution in [0.5, 0.6) is 0 Å². The first-order valence-electron chi connectivity index (χ1n) is 25.7. The van der Waals surface area contributed by atoms with Crippen LogP contribution in [0.4, 0.5) is 0 Å². The molecule has 0 heterocycles. The summed E-state index contributed by atoms with van der Waals surface area (Å²) in [5.74, 6) is 0.783. The maximum atomic E-state index is 12.8. The van der Waals surface area contributed by atoms with E-state index in [0.29, 0.717) is 19.3 Å². The number of unbranched alkanes of at least 4 members (excludes halogenated alkanes) is 31. The Kier molecular flexibility index (Phi) is 43.7. The third-order valence-corrected chi connectivity index (χ3v) is 11.7. The van der Waals surface area contributed by atoms with E-state index in [0.717, 1.165) is 69.6 Å². The lowest BCUT2D eigenvalue weighted by molar-refractivity contribution is -0.167. The van der Waals surface area contributed by atoms with E-state index in [9.17, 15) is 14.4 Å². The summed E-state index contributed by atoms with van der Waals surface area (Å²) >= 11 is 0. The Morgan fingerprint density at radius 1 is 0.328 bits per heavy atom. The van der Waals surface area contributed by atoms with Crippen LogP contribution in [0.2, 0.25) is 0 Å². The van der Waals surface area contributed by atoms with Gasteiger partial charge in [-0.15, -0.1) is 0 Å². The number of esters is 3. The summed E-state index contributed by atoms with van der Waals surface area (Å²) in [5, 5.41) is 0. The first kappa shape index (κ1) is 56.4. The highest BCUT2D eigenvalue weighted by atomic mass is 16.6. The van der Waals surface area contributed by atoms with Gasteiger partial charge in [0.05, 0.1) is 0 Å². The molecule has 1 atom stereocenters. The van der Waals surface area contributed by atoms with E-state index in [1.165, 1.54) is 173 Å². The third-order valence-electron chi connectivity index (χ3n) is 11.7. The Morgan fingerprint density at radius 3 is 0.845 bits per heavy atom. The first-order valence-corrected chi connectivity index (χ1v) is 25.7. The van der Waals surface area contributed by atoms with Gasteiger partial charge >= 0.3 is 17.9 Å². The Balaban J connectivity index is 4.31. The number of hydrogen-bond donors (Lipinski definition) is 0. The van der Waals surface area contributed by atoms with Gasteiger partial charge in [-0.1, -0.05) is 247 Å². The van der Waals surface area contributed by atoms with Gasteiger partial charge in [-0.2, -0.15) is 0 Å². The van der Waals surface area contributed by atoms with E-state index < -0.39 is 6.10 Å². The molecule has 0 N–H and O–H groups in total. The monoisotopic (exact) mass is 821 g/mol. The lowest BCUT2D eigenvalue weighted by Gasteiger charge is -2.18. The van der Waals surface area contributed by atoms with Gasteiger partial charge in [0.1, 0.15) is 13.2 Å². The molecule has 0 saturated carbocycles. The molecule has 0 aromatic rings. The van der Waals surface area contributed by atoms with E-state index in [4.69, 9.17) is 14.2 Å². The minimum absolute atomic E-state index is 0.0639. The minimum Gasteiger partial charge on any atom is -0.462 e. The van der Waals surface area contributed by atoms with E-state index in [1.807, 2.05) is 0 Å². The summed E-state index contributed by atoms with van der Waals surface area (Å²) in [6.07, 6.45) is 45.2. The van der Waals surface area contributed by atoms with Gasteiger partial charge in [0.15, 0.2) is 6.10 Å². The van der Waals surface area contributed by atoms with Crippen LogP contribution in [-0.2, 0) is 28.6 Å². The second-order valence-corrected chi connectivity index (χ2v) is 18.8. The second-order valence-electron chi connectivity index (χ2n) is 18.8. The fraction of sp³-hybridized carbons (Fsp3) is 0.942. The highest BCUT2D eigenvalue weighted by Crippen LogP contribution is 2.17. The molecule has 344 valence electrons. The summed E-state index contributed by atoms with van der Waals surface area (Å²) in [7, 11) is 0. The van der Waals surface area contributed by atoms with Crippen molar-refractivity contribution < 1.29 is 28.6 Å². The van der Waals surface area contributed by atoms with Crippen LogP contribution in [0.15, 0.2) is 0 Å². The molecule has 0 rings (SSSR count). The zero-order valence-corrected chi connectivity index (χ0v) is 39.7. The number of rotatable bonds is 46. The van der Waals surface area contributed by atoms with Crippen molar-refractivity contribution >= 4 is 17.9 Å². The van der Waals surface area contributed by atoms with E-state index >= 15 is 0 Å². The van der Waals surface area contributed by atoms with Crippen molar-refractivity contribution in [1.82, 2.24) is 0 Å². The number of hydrogen-bond acceptors (Lipinski definition) is 6. The average molecular weight is 821 g/mol. The molecule has 58 heavy (non-hydrogen) atoms. The third kappa shape index (κ3) is 45.5. The SMILES string of the molecule is CCCCCCCCCCCCCCCCC(=O)OC[C@H](COC(=O)CCCCCCCCCCCCCC(C)C)OC(=O)CCCCCCCCCCCC(C)C. The lowest BCUT2D eigenvalue weighted by atomic mass is 10.0. The van der Waals surface area contributed by atoms with E-state index in [1.54, 1.807) is 0 Å². The van der Waals surface area contributed by atoms with Gasteiger partial charge < -0.3 is 14.2 Å². The topological polar surface area (TPSA) is 78.9 Å². The van der Waals surface area contributed by atoms with Crippen molar-refractivity contribution in [2.45, 2.75) is 291 Å². The van der Waals surface area contributed by atoms with Gasteiger partial charge in [-0.25, -0.2) is 0 Å². The summed E-state index contributed by atoms with van der Waals surface area (Å²) in [4.78, 5) is 37.9. The molecule has 6 heteroatoms. The van der Waals surface area contributed by atoms with Crippen molar-refractivity contribution in [3.05, 3.63) is 0 Å². The van der Waals surface area contributed by atoms with Crippen LogP contribution in [0.3, 0.4) is 0 Å². The van der Waals surface area contributed by atoms with Crippen LogP contribution in [0.25, 0.3) is 0 Å². The molecule has 0 bridgehead atoms. The lowest BCUT2D eigenvalue weighted by Crippen LogP contribution is -2.30. The Morgan fingerprint density at radius 2 is 0.569 bits per heavy atom. The first-order chi connectivity index (χ1) is 28.2. The fourth-order valence-electron chi connectivity index (χ4n) is 7.81. The number of ether oxygens (including phenoxy) is 3. The Hall–Kier alpha value is -1.59. The van der Waals surface area contributed by atoms with E-state index in [2.05, 4.69) is 34.6 Å². The van der Waals surface area contributed by atoms with Gasteiger partial charge in [-0.05, 0) is 31.1 Å². The van der Waals surface area contributed by atoms with Crippen molar-refractivity contribution in [3.63, 3.8) is 0 Å². The molecule has 0 aliphatic heterocycles. The number of carbonyl (C=O) groups excluding carboxylic acids is 3. The highest BCUT2D eigenvalue weighted by Gasteiger charge is 2.19. The Labute approximate surface area is 361 Å². The second kappa shape index (κ2) is 44.9. The summed E-state index contributed by atoms with van der Waals surface area (Å²) in [6.45, 7) is 11.3. The summed E-state index contributed by atoms with van der Waals surface area (Å²) in [6, 6.07) is 0. The van der Waals surface area contributed by atoms with Crippen LogP contribution in [0.1, 0.15) is 285 Å². The highest BCUT2D eigenvalue weighted by molar-refractivity contribution is 5.71. The minimum atomic E-state index is -0.761. The van der Waals surface area contributed by atoms with Crippen molar-refractivity contribution in [2.75, 3.05) is 13.2 Å². The Bertz CT molecular complexity index is 885. The maximum absolute atomic E-state index is 12.8. The largest absolute Gasteiger partial charge is 0.462 e. The molecule has 0 radical (unpaired) electrons. The molecule has 0 aromatic heterocycles.